The van der Waals surface area contributed by atoms with Gasteiger partial charge in [-0.3, -0.25) is 0 Å². The van der Waals surface area contributed by atoms with E-state index in [1.807, 2.05) is 43.4 Å². The second-order valence-electron chi connectivity index (χ2n) is 5.76. The Morgan fingerprint density at radius 1 is 1.13 bits per heavy atom. The maximum atomic E-state index is 6.24. The van der Waals surface area contributed by atoms with Crippen molar-refractivity contribution < 1.29 is 9.47 Å². The Kier molecular flexibility index (Phi) is 4.94. The van der Waals surface area contributed by atoms with Crippen molar-refractivity contribution in [2.24, 2.45) is 5.92 Å². The number of rotatable bonds is 4. The minimum Gasteiger partial charge on any atom is -0.455 e. The van der Waals surface area contributed by atoms with Gasteiger partial charge in [0.25, 0.3) is 0 Å². The lowest BCUT2D eigenvalue weighted by molar-refractivity contribution is 0.119. The van der Waals surface area contributed by atoms with Gasteiger partial charge in [-0.05, 0) is 49.8 Å². The molecule has 1 unspecified atom stereocenters. The molecule has 2 aromatic carbocycles. The first kappa shape index (κ1) is 16.0. The van der Waals surface area contributed by atoms with Gasteiger partial charge in [0, 0.05) is 11.6 Å². The molecular weight excluding hydrogens is 312 g/mol. The van der Waals surface area contributed by atoms with Gasteiger partial charge in [-0.2, -0.15) is 0 Å². The number of para-hydroxylation sites is 2. The molecule has 23 heavy (non-hydrogen) atoms. The van der Waals surface area contributed by atoms with Crippen LogP contribution in [0.4, 0.5) is 11.4 Å². The molecule has 1 heterocycles. The maximum absolute atomic E-state index is 6.24. The smallest absolute Gasteiger partial charge is 0.231 e. The standard InChI is InChI=1S/C18H21ClN2O2/c1-13(10-20-2)11-21-15-5-3-4-6-17(15)22-12-23-18-8-7-14(19)9-16(18)21/h3-9,13,20H,10-12H2,1-2H3. The summed E-state index contributed by atoms with van der Waals surface area (Å²) in [5.41, 5.74) is 2.00. The van der Waals surface area contributed by atoms with Crippen LogP contribution in [0.3, 0.4) is 0 Å². The minimum absolute atomic E-state index is 0.186. The van der Waals surface area contributed by atoms with E-state index in [4.69, 9.17) is 21.1 Å². The Balaban J connectivity index is 2.07. The molecule has 122 valence electrons. The molecule has 3 rings (SSSR count). The molecule has 1 aliphatic heterocycles. The molecule has 1 aliphatic rings. The zero-order valence-corrected chi connectivity index (χ0v) is 14.1. The van der Waals surface area contributed by atoms with Crippen molar-refractivity contribution in [1.29, 1.82) is 0 Å². The lowest BCUT2D eigenvalue weighted by Gasteiger charge is -2.32. The monoisotopic (exact) mass is 332 g/mol. The third kappa shape index (κ3) is 3.54. The Morgan fingerprint density at radius 3 is 2.65 bits per heavy atom. The molecule has 0 saturated carbocycles. The van der Waals surface area contributed by atoms with Gasteiger partial charge in [0.1, 0.15) is 11.5 Å². The third-order valence-electron chi connectivity index (χ3n) is 3.84. The van der Waals surface area contributed by atoms with Crippen molar-refractivity contribution in [3.63, 3.8) is 0 Å². The zero-order valence-electron chi connectivity index (χ0n) is 13.4. The van der Waals surface area contributed by atoms with Crippen LogP contribution in [0.25, 0.3) is 0 Å². The summed E-state index contributed by atoms with van der Waals surface area (Å²) in [4.78, 5) is 2.22. The van der Waals surface area contributed by atoms with E-state index in [1.165, 1.54) is 0 Å². The van der Waals surface area contributed by atoms with Crippen LogP contribution in [0, 0.1) is 5.92 Å². The summed E-state index contributed by atoms with van der Waals surface area (Å²) in [6, 6.07) is 13.7. The number of hydrogen-bond acceptors (Lipinski definition) is 4. The summed E-state index contributed by atoms with van der Waals surface area (Å²) >= 11 is 6.24. The van der Waals surface area contributed by atoms with Crippen LogP contribution in [0.5, 0.6) is 11.5 Å². The molecule has 2 aromatic rings. The summed E-state index contributed by atoms with van der Waals surface area (Å²) in [6.45, 7) is 4.16. The van der Waals surface area contributed by atoms with Gasteiger partial charge < -0.3 is 19.7 Å². The van der Waals surface area contributed by atoms with Gasteiger partial charge in [0.15, 0.2) is 0 Å². The van der Waals surface area contributed by atoms with Crippen LogP contribution in [0.2, 0.25) is 5.02 Å². The van der Waals surface area contributed by atoms with Crippen molar-refractivity contribution in [2.45, 2.75) is 6.92 Å². The quantitative estimate of drug-likeness (QED) is 0.915. The van der Waals surface area contributed by atoms with E-state index < -0.39 is 0 Å². The van der Waals surface area contributed by atoms with E-state index in [2.05, 4.69) is 23.2 Å². The highest BCUT2D eigenvalue weighted by atomic mass is 35.5. The number of anilines is 2. The fourth-order valence-corrected chi connectivity index (χ4v) is 3.00. The van der Waals surface area contributed by atoms with Crippen molar-refractivity contribution in [1.82, 2.24) is 5.32 Å². The van der Waals surface area contributed by atoms with E-state index in [9.17, 15) is 0 Å². The molecule has 0 saturated heterocycles. The molecule has 0 aliphatic carbocycles. The van der Waals surface area contributed by atoms with Crippen molar-refractivity contribution in [3.8, 4) is 11.5 Å². The van der Waals surface area contributed by atoms with E-state index in [0.717, 1.165) is 36.0 Å². The Labute approximate surface area is 142 Å². The van der Waals surface area contributed by atoms with Crippen LogP contribution < -0.4 is 19.7 Å². The van der Waals surface area contributed by atoms with E-state index in [-0.39, 0.29) is 6.79 Å². The highest BCUT2D eigenvalue weighted by Crippen LogP contribution is 2.41. The second-order valence-corrected chi connectivity index (χ2v) is 6.20. The predicted molar refractivity (Wildman–Crippen MR) is 94.1 cm³/mol. The number of hydrogen-bond donors (Lipinski definition) is 1. The SMILES string of the molecule is CNCC(C)CN1c2ccccc2OCOc2ccc(Cl)cc21. The molecule has 1 N–H and O–H groups in total. The number of benzene rings is 2. The van der Waals surface area contributed by atoms with E-state index >= 15 is 0 Å². The molecule has 5 heteroatoms. The van der Waals surface area contributed by atoms with Gasteiger partial charge in [0.2, 0.25) is 6.79 Å². The molecule has 0 amide bonds. The Bertz CT molecular complexity index is 678. The molecule has 0 bridgehead atoms. The third-order valence-corrected chi connectivity index (χ3v) is 4.08. The first-order valence-corrected chi connectivity index (χ1v) is 8.13. The lowest BCUT2D eigenvalue weighted by atomic mass is 10.1. The maximum Gasteiger partial charge on any atom is 0.231 e. The normalized spacial score (nSPS) is 14.7. The molecule has 0 radical (unpaired) electrons. The minimum atomic E-state index is 0.186. The summed E-state index contributed by atoms with van der Waals surface area (Å²) in [7, 11) is 1.97. The number of ether oxygens (including phenoxy) is 2. The average molecular weight is 333 g/mol. The van der Waals surface area contributed by atoms with Crippen LogP contribution >= 0.6 is 11.6 Å². The van der Waals surface area contributed by atoms with Crippen LogP contribution in [0.1, 0.15) is 6.92 Å². The first-order chi connectivity index (χ1) is 11.2. The second kappa shape index (κ2) is 7.11. The first-order valence-electron chi connectivity index (χ1n) is 7.75. The summed E-state index contributed by atoms with van der Waals surface area (Å²) in [5.74, 6) is 2.04. The molecule has 4 nitrogen and oxygen atoms in total. The van der Waals surface area contributed by atoms with Gasteiger partial charge in [-0.15, -0.1) is 0 Å². The van der Waals surface area contributed by atoms with Crippen molar-refractivity contribution in [3.05, 3.63) is 47.5 Å². The fourth-order valence-electron chi connectivity index (χ4n) is 2.83. The summed E-state index contributed by atoms with van der Waals surface area (Å²) < 4.78 is 11.5. The zero-order chi connectivity index (χ0) is 16.2. The molecule has 0 aromatic heterocycles. The van der Waals surface area contributed by atoms with Gasteiger partial charge in [-0.1, -0.05) is 30.7 Å². The highest BCUT2D eigenvalue weighted by Gasteiger charge is 2.22. The van der Waals surface area contributed by atoms with Crippen molar-refractivity contribution in [2.75, 3.05) is 31.8 Å². The number of halogens is 1. The van der Waals surface area contributed by atoms with Crippen LogP contribution in [-0.2, 0) is 0 Å². The highest BCUT2D eigenvalue weighted by molar-refractivity contribution is 6.31. The average Bonchev–Trinajstić information content (AvgIpc) is 2.53. The predicted octanol–water partition coefficient (Wildman–Crippen LogP) is 4.06. The van der Waals surface area contributed by atoms with Crippen LogP contribution in [-0.4, -0.2) is 26.9 Å². The number of fused-ring (bicyclic) bond motifs is 2. The van der Waals surface area contributed by atoms with Gasteiger partial charge >= 0.3 is 0 Å². The van der Waals surface area contributed by atoms with Crippen molar-refractivity contribution >= 4 is 23.0 Å². The Morgan fingerprint density at radius 2 is 1.87 bits per heavy atom. The van der Waals surface area contributed by atoms with E-state index in [0.29, 0.717) is 10.9 Å². The lowest BCUT2D eigenvalue weighted by Crippen LogP contribution is -2.31. The summed E-state index contributed by atoms with van der Waals surface area (Å²) in [6.07, 6.45) is 0. The molecular formula is C18H21ClN2O2. The molecule has 0 fully saturated rings. The molecule has 1 atom stereocenters. The number of nitrogens with one attached hydrogen (secondary N) is 1. The number of nitrogens with zero attached hydrogens (tertiary/aromatic N) is 1. The van der Waals surface area contributed by atoms with Crippen LogP contribution in [0.15, 0.2) is 42.5 Å². The van der Waals surface area contributed by atoms with Gasteiger partial charge in [0.05, 0.1) is 11.4 Å². The molecule has 0 spiro atoms. The summed E-state index contributed by atoms with van der Waals surface area (Å²) in [5, 5.41) is 3.92. The topological polar surface area (TPSA) is 33.7 Å². The van der Waals surface area contributed by atoms with Gasteiger partial charge in [-0.25, -0.2) is 0 Å². The fraction of sp³-hybridized carbons (Fsp3) is 0.333. The largest absolute Gasteiger partial charge is 0.455 e. The van der Waals surface area contributed by atoms with E-state index in [1.54, 1.807) is 0 Å². The Hall–Kier alpha value is -1.91.